The van der Waals surface area contributed by atoms with Gasteiger partial charge in [0.15, 0.2) is 8.03 Å². The summed E-state index contributed by atoms with van der Waals surface area (Å²) in [5.41, 5.74) is 0. The minimum Gasteiger partial charge on any atom is -0.481 e. The zero-order chi connectivity index (χ0) is 10.4. The van der Waals surface area contributed by atoms with Crippen molar-refractivity contribution in [1.29, 1.82) is 0 Å². The lowest BCUT2D eigenvalue weighted by Gasteiger charge is -2.07. The third-order valence-electron chi connectivity index (χ3n) is 1.48. The fourth-order valence-corrected chi connectivity index (χ4v) is 1.42. The summed E-state index contributed by atoms with van der Waals surface area (Å²) in [6.07, 6.45) is -0.727. The van der Waals surface area contributed by atoms with E-state index in [0.717, 1.165) is 0 Å². The smallest absolute Gasteiger partial charge is 0.307 e. The summed E-state index contributed by atoms with van der Waals surface area (Å²) >= 11 is 0. The number of aliphatic carboxylic acids is 2. The van der Waals surface area contributed by atoms with Crippen molar-refractivity contribution in [3.63, 3.8) is 0 Å². The number of carbonyl (C=O) groups is 2. The Kier molecular flexibility index (Phi) is 5.34. The van der Waals surface area contributed by atoms with Gasteiger partial charge in [0.25, 0.3) is 0 Å². The van der Waals surface area contributed by atoms with E-state index in [1.807, 2.05) is 0 Å². The predicted molar refractivity (Wildman–Crippen MR) is 44.1 cm³/mol. The average Bonchev–Trinajstić information content (AvgIpc) is 1.96. The Balaban J connectivity index is 4.02. The molecule has 2 unspecified atom stereocenters. The summed E-state index contributed by atoms with van der Waals surface area (Å²) in [6, 6.07) is 0. The summed E-state index contributed by atoms with van der Waals surface area (Å²) < 4.78 is 10.3. The molecule has 0 rings (SSSR count). The maximum Gasteiger partial charge on any atom is 0.307 e. The van der Waals surface area contributed by atoms with E-state index in [4.69, 9.17) is 15.1 Å². The van der Waals surface area contributed by atoms with Crippen LogP contribution in [0, 0.1) is 5.92 Å². The molecule has 13 heavy (non-hydrogen) atoms. The Morgan fingerprint density at radius 2 is 1.85 bits per heavy atom. The second kappa shape index (κ2) is 5.72. The molecule has 0 aromatic carbocycles. The Labute approximate surface area is 75.1 Å². The normalized spacial score (nSPS) is 14.8. The largest absolute Gasteiger partial charge is 0.481 e. The van der Waals surface area contributed by atoms with Crippen LogP contribution in [0.25, 0.3) is 0 Å². The molecule has 0 spiro atoms. The monoisotopic (exact) mass is 210 g/mol. The highest BCUT2D eigenvalue weighted by atomic mass is 31.1. The van der Waals surface area contributed by atoms with Crippen LogP contribution in [-0.4, -0.2) is 33.2 Å². The molecular formula is C6H11O6P. The molecule has 0 heterocycles. The van der Waals surface area contributed by atoms with Gasteiger partial charge in [-0.3, -0.25) is 14.2 Å². The van der Waals surface area contributed by atoms with Gasteiger partial charge in [0.1, 0.15) is 0 Å². The molecule has 0 amide bonds. The third-order valence-corrected chi connectivity index (χ3v) is 2.19. The van der Waals surface area contributed by atoms with Gasteiger partial charge in [0.05, 0.1) is 12.3 Å². The molecule has 0 saturated heterocycles. The molecule has 0 aliphatic rings. The molecule has 0 aliphatic carbocycles. The zero-order valence-electron chi connectivity index (χ0n) is 6.77. The van der Waals surface area contributed by atoms with Crippen LogP contribution in [0.5, 0.6) is 0 Å². The zero-order valence-corrected chi connectivity index (χ0v) is 7.77. The number of rotatable bonds is 6. The maximum atomic E-state index is 10.4. The van der Waals surface area contributed by atoms with Crippen molar-refractivity contribution in [1.82, 2.24) is 0 Å². The van der Waals surface area contributed by atoms with E-state index in [9.17, 15) is 14.2 Å². The van der Waals surface area contributed by atoms with Crippen LogP contribution in [0.15, 0.2) is 0 Å². The van der Waals surface area contributed by atoms with Crippen LogP contribution in [0.1, 0.15) is 12.8 Å². The molecule has 0 fully saturated rings. The van der Waals surface area contributed by atoms with Crippen molar-refractivity contribution >= 4 is 20.0 Å². The van der Waals surface area contributed by atoms with Crippen molar-refractivity contribution in [2.24, 2.45) is 5.92 Å². The van der Waals surface area contributed by atoms with E-state index < -0.39 is 32.3 Å². The molecular weight excluding hydrogens is 199 g/mol. The highest BCUT2D eigenvalue weighted by Crippen LogP contribution is 2.19. The minimum absolute atomic E-state index is 0.0735. The van der Waals surface area contributed by atoms with E-state index in [0.29, 0.717) is 0 Å². The van der Waals surface area contributed by atoms with Crippen molar-refractivity contribution < 1.29 is 29.3 Å². The van der Waals surface area contributed by atoms with Gasteiger partial charge in [-0.1, -0.05) is 0 Å². The van der Waals surface area contributed by atoms with E-state index in [1.165, 1.54) is 0 Å². The summed E-state index contributed by atoms with van der Waals surface area (Å²) in [5, 5.41) is 16.8. The Hall–Kier alpha value is -0.870. The summed E-state index contributed by atoms with van der Waals surface area (Å²) in [6.45, 7) is 0. The van der Waals surface area contributed by atoms with Gasteiger partial charge in [0.2, 0.25) is 0 Å². The van der Waals surface area contributed by atoms with Crippen LogP contribution >= 0.6 is 8.03 Å². The predicted octanol–water partition coefficient (Wildman–Crippen LogP) is 0.0190. The first-order chi connectivity index (χ1) is 5.93. The number of carboxylic acid groups (broad SMARTS) is 2. The molecule has 0 bridgehead atoms. The molecule has 3 N–H and O–H groups in total. The van der Waals surface area contributed by atoms with Crippen molar-refractivity contribution in [3.8, 4) is 0 Å². The Morgan fingerprint density at radius 1 is 1.31 bits per heavy atom. The van der Waals surface area contributed by atoms with Gasteiger partial charge in [-0.25, -0.2) is 0 Å². The minimum atomic E-state index is -2.70. The molecule has 0 aromatic heterocycles. The highest BCUT2D eigenvalue weighted by Gasteiger charge is 2.20. The van der Waals surface area contributed by atoms with Gasteiger partial charge >= 0.3 is 11.9 Å². The van der Waals surface area contributed by atoms with E-state index in [2.05, 4.69) is 0 Å². The molecule has 7 heteroatoms. The fraction of sp³-hybridized carbons (Fsp3) is 0.667. The van der Waals surface area contributed by atoms with Crippen LogP contribution in [0.4, 0.5) is 0 Å². The van der Waals surface area contributed by atoms with Gasteiger partial charge in [0, 0.05) is 6.16 Å². The molecule has 0 aliphatic heterocycles. The maximum absolute atomic E-state index is 10.4. The lowest BCUT2D eigenvalue weighted by molar-refractivity contribution is -0.148. The van der Waals surface area contributed by atoms with E-state index in [1.54, 1.807) is 0 Å². The summed E-state index contributed by atoms with van der Waals surface area (Å²) in [5.74, 6) is -3.53. The van der Waals surface area contributed by atoms with Gasteiger partial charge in [-0.05, 0) is 6.42 Å². The van der Waals surface area contributed by atoms with Crippen LogP contribution in [0.3, 0.4) is 0 Å². The first-order valence-corrected chi connectivity index (χ1v) is 5.16. The molecule has 76 valence electrons. The van der Waals surface area contributed by atoms with Gasteiger partial charge < -0.3 is 15.1 Å². The van der Waals surface area contributed by atoms with E-state index in [-0.39, 0.29) is 12.6 Å². The molecule has 6 nitrogen and oxygen atoms in total. The quantitative estimate of drug-likeness (QED) is 0.532. The second-order valence-electron chi connectivity index (χ2n) is 2.57. The van der Waals surface area contributed by atoms with E-state index >= 15 is 0 Å². The van der Waals surface area contributed by atoms with Crippen LogP contribution < -0.4 is 0 Å². The summed E-state index contributed by atoms with van der Waals surface area (Å²) in [7, 11) is -2.70. The second-order valence-corrected chi connectivity index (χ2v) is 3.85. The van der Waals surface area contributed by atoms with Gasteiger partial charge in [-0.2, -0.15) is 0 Å². The molecule has 2 atom stereocenters. The number of carboxylic acids is 2. The lowest BCUT2D eigenvalue weighted by atomic mass is 10.0. The molecule has 0 radical (unpaired) electrons. The van der Waals surface area contributed by atoms with Crippen molar-refractivity contribution in [2.75, 3.05) is 6.16 Å². The third kappa shape index (κ3) is 6.31. The SMILES string of the molecule is O=C(O)CC(CC[PH](=O)O)C(=O)O. The fourth-order valence-electron chi connectivity index (χ4n) is 0.821. The first kappa shape index (κ1) is 12.1. The van der Waals surface area contributed by atoms with Crippen molar-refractivity contribution in [2.45, 2.75) is 12.8 Å². The topological polar surface area (TPSA) is 112 Å². The Morgan fingerprint density at radius 3 is 2.15 bits per heavy atom. The van der Waals surface area contributed by atoms with Crippen LogP contribution in [-0.2, 0) is 14.2 Å². The number of hydrogen-bond donors (Lipinski definition) is 3. The first-order valence-electron chi connectivity index (χ1n) is 3.60. The molecule has 0 saturated carbocycles. The average molecular weight is 210 g/mol. The summed E-state index contributed by atoms with van der Waals surface area (Å²) in [4.78, 5) is 29.0. The Bertz CT molecular complexity index is 225. The van der Waals surface area contributed by atoms with Gasteiger partial charge in [-0.15, -0.1) is 0 Å². The van der Waals surface area contributed by atoms with Crippen LogP contribution in [0.2, 0.25) is 0 Å². The highest BCUT2D eigenvalue weighted by molar-refractivity contribution is 7.37. The standard InChI is InChI=1S/C6H11O6P/c7-5(8)3-4(6(9)10)1-2-13(11)12/h4,13H,1-3H2,(H,7,8)(H,9,10)(H,11,12). The molecule has 0 aromatic rings. The van der Waals surface area contributed by atoms with Crippen molar-refractivity contribution in [3.05, 3.63) is 0 Å². The number of hydrogen-bond acceptors (Lipinski definition) is 3. The lowest BCUT2D eigenvalue weighted by Crippen LogP contribution is -2.18.